The highest BCUT2D eigenvalue weighted by atomic mass is 32.1. The van der Waals surface area contributed by atoms with Crippen LogP contribution in [0.2, 0.25) is 0 Å². The van der Waals surface area contributed by atoms with Crippen molar-refractivity contribution < 1.29 is 4.74 Å². The van der Waals surface area contributed by atoms with Gasteiger partial charge in [-0.25, -0.2) is 0 Å². The molecule has 0 unspecified atom stereocenters. The molecule has 0 saturated carbocycles. The van der Waals surface area contributed by atoms with E-state index in [9.17, 15) is 0 Å². The fraction of sp³-hybridized carbons (Fsp3) is 0.800. The Morgan fingerprint density at radius 2 is 1.50 bits per heavy atom. The van der Waals surface area contributed by atoms with E-state index >= 15 is 0 Å². The molecule has 8 heavy (non-hydrogen) atoms. The summed E-state index contributed by atoms with van der Waals surface area (Å²) in [5.41, 5.74) is 0. The molecule has 0 fully saturated rings. The third-order valence-corrected chi connectivity index (χ3v) is 0.408. The molecule has 0 aromatic heterocycles. The first-order chi connectivity index (χ1) is 3.83. The SMILES string of the molecule is CCOCC.S=C=S. The van der Waals surface area contributed by atoms with Gasteiger partial charge in [-0.2, -0.15) is 0 Å². The molecule has 0 aliphatic heterocycles. The third kappa shape index (κ3) is 34.9. The van der Waals surface area contributed by atoms with Gasteiger partial charge in [0, 0.05) is 17.5 Å². The van der Waals surface area contributed by atoms with Crippen LogP contribution >= 0.6 is 24.4 Å². The van der Waals surface area contributed by atoms with Crippen LogP contribution in [-0.4, -0.2) is 17.5 Å². The molecule has 0 N–H and O–H groups in total. The monoisotopic (exact) mass is 150 g/mol. The average molecular weight is 150 g/mol. The van der Waals surface area contributed by atoms with Gasteiger partial charge in [-0.1, -0.05) is 0 Å². The maximum Gasteiger partial charge on any atom is 0.0437 e. The largest absolute Gasteiger partial charge is 0.382 e. The number of thiocarbonyl (C=S) groups is 2. The van der Waals surface area contributed by atoms with Crippen LogP contribution in [-0.2, 0) is 4.74 Å². The molecular formula is C5H10OS2. The van der Waals surface area contributed by atoms with Crippen LogP contribution in [0.25, 0.3) is 0 Å². The van der Waals surface area contributed by atoms with Crippen molar-refractivity contribution in [3.05, 3.63) is 0 Å². The van der Waals surface area contributed by atoms with Crippen molar-refractivity contribution in [2.24, 2.45) is 0 Å². The number of hydrogen-bond donors (Lipinski definition) is 0. The number of hydrogen-bond acceptors (Lipinski definition) is 3. The second kappa shape index (κ2) is 15.7. The van der Waals surface area contributed by atoms with Crippen LogP contribution in [0.15, 0.2) is 0 Å². The van der Waals surface area contributed by atoms with E-state index in [4.69, 9.17) is 4.74 Å². The Bertz CT molecular complexity index is 55.4. The van der Waals surface area contributed by atoms with E-state index in [0.29, 0.717) is 0 Å². The summed E-state index contributed by atoms with van der Waals surface area (Å²) in [7, 11) is 0. The van der Waals surface area contributed by atoms with Crippen LogP contribution in [0.5, 0.6) is 0 Å². The molecular weight excluding hydrogens is 140 g/mol. The summed E-state index contributed by atoms with van der Waals surface area (Å²) in [6.07, 6.45) is 0. The quantitative estimate of drug-likeness (QED) is 0.558. The normalized spacial score (nSPS) is 6.25. The molecule has 0 atom stereocenters. The van der Waals surface area contributed by atoms with Gasteiger partial charge in [0.15, 0.2) is 0 Å². The Labute approximate surface area is 61.0 Å². The lowest BCUT2D eigenvalue weighted by Crippen LogP contribution is -1.84. The molecule has 3 heteroatoms. The highest BCUT2D eigenvalue weighted by Crippen LogP contribution is 1.64. The smallest absolute Gasteiger partial charge is 0.0437 e. The zero-order valence-electron chi connectivity index (χ0n) is 5.14. The molecule has 1 nitrogen and oxygen atoms in total. The Hall–Kier alpha value is 0.180. The minimum atomic E-state index is 0.844. The molecule has 48 valence electrons. The maximum absolute atomic E-state index is 4.83. The van der Waals surface area contributed by atoms with Crippen molar-refractivity contribution in [2.75, 3.05) is 13.2 Å². The van der Waals surface area contributed by atoms with Gasteiger partial charge in [0.2, 0.25) is 0 Å². The standard InChI is InChI=1S/C4H10O.CS2/c1-3-5-4-2;2-1-3/h3-4H2,1-2H3;. The van der Waals surface area contributed by atoms with Crippen LogP contribution in [0.3, 0.4) is 0 Å². The summed E-state index contributed by atoms with van der Waals surface area (Å²) < 4.78 is 6.75. The third-order valence-electron chi connectivity index (χ3n) is 0.408. The first-order valence-corrected chi connectivity index (χ1v) is 3.22. The van der Waals surface area contributed by atoms with Gasteiger partial charge >= 0.3 is 0 Å². The number of ether oxygens (including phenoxy) is 1. The second-order valence-electron chi connectivity index (χ2n) is 0.865. The fourth-order valence-corrected chi connectivity index (χ4v) is 0.204. The zero-order valence-corrected chi connectivity index (χ0v) is 6.77. The molecule has 0 spiro atoms. The van der Waals surface area contributed by atoms with Crippen LogP contribution < -0.4 is 0 Å². The van der Waals surface area contributed by atoms with E-state index in [1.807, 2.05) is 18.2 Å². The van der Waals surface area contributed by atoms with Crippen LogP contribution in [0.4, 0.5) is 0 Å². The molecule has 0 heterocycles. The molecule has 0 radical (unpaired) electrons. The molecule has 0 saturated heterocycles. The zero-order chi connectivity index (χ0) is 6.83. The molecule has 0 bridgehead atoms. The average Bonchev–Trinajstić information content (AvgIpc) is 1.71. The Balaban J connectivity index is 0. The molecule has 0 rings (SSSR count). The predicted octanol–water partition coefficient (Wildman–Crippen LogP) is 2.06. The summed E-state index contributed by atoms with van der Waals surface area (Å²) in [5, 5.41) is 0. The van der Waals surface area contributed by atoms with Crippen LogP contribution in [0, 0.1) is 0 Å². The lowest BCUT2D eigenvalue weighted by Gasteiger charge is -1.86. The van der Waals surface area contributed by atoms with Crippen molar-refractivity contribution in [2.45, 2.75) is 13.8 Å². The first-order valence-electron chi connectivity index (χ1n) is 2.40. The van der Waals surface area contributed by atoms with Crippen molar-refractivity contribution >= 4 is 28.7 Å². The minimum Gasteiger partial charge on any atom is -0.382 e. The van der Waals surface area contributed by atoms with Crippen molar-refractivity contribution in [1.82, 2.24) is 0 Å². The fourth-order valence-electron chi connectivity index (χ4n) is 0.204. The van der Waals surface area contributed by atoms with E-state index in [0.717, 1.165) is 13.2 Å². The summed E-state index contributed by atoms with van der Waals surface area (Å²) in [6.45, 7) is 5.67. The van der Waals surface area contributed by atoms with Gasteiger partial charge in [0.1, 0.15) is 0 Å². The van der Waals surface area contributed by atoms with E-state index < -0.39 is 0 Å². The van der Waals surface area contributed by atoms with Gasteiger partial charge in [0.05, 0.1) is 0 Å². The topological polar surface area (TPSA) is 9.23 Å². The summed E-state index contributed by atoms with van der Waals surface area (Å²) in [4.78, 5) is 0. The highest BCUT2D eigenvalue weighted by molar-refractivity contribution is 7.93. The lowest BCUT2D eigenvalue weighted by molar-refractivity contribution is 0.162. The van der Waals surface area contributed by atoms with Crippen molar-refractivity contribution in [1.29, 1.82) is 0 Å². The highest BCUT2D eigenvalue weighted by Gasteiger charge is 1.64. The van der Waals surface area contributed by atoms with Gasteiger partial charge in [-0.3, -0.25) is 0 Å². The Morgan fingerprint density at radius 3 is 1.50 bits per heavy atom. The summed E-state index contributed by atoms with van der Waals surface area (Å²) in [5.74, 6) is 0. The summed E-state index contributed by atoms with van der Waals surface area (Å²) in [6, 6.07) is 0. The van der Waals surface area contributed by atoms with Crippen molar-refractivity contribution in [3.63, 3.8) is 0 Å². The van der Waals surface area contributed by atoms with Crippen molar-refractivity contribution in [3.8, 4) is 0 Å². The first kappa shape index (κ1) is 11.0. The lowest BCUT2D eigenvalue weighted by atomic mass is 10.8. The Kier molecular flexibility index (Phi) is 21.7. The molecule has 0 aromatic rings. The van der Waals surface area contributed by atoms with Crippen LogP contribution in [0.1, 0.15) is 13.8 Å². The summed E-state index contributed by atoms with van der Waals surface area (Å²) >= 11 is 7.92. The molecule has 0 aliphatic carbocycles. The van der Waals surface area contributed by atoms with Gasteiger partial charge in [-0.15, -0.1) is 0 Å². The second-order valence-corrected chi connectivity index (χ2v) is 1.53. The molecule has 0 amide bonds. The van der Waals surface area contributed by atoms with Gasteiger partial charge in [-0.05, 0) is 38.3 Å². The minimum absolute atomic E-state index is 0.844. The molecule has 0 aromatic carbocycles. The van der Waals surface area contributed by atoms with E-state index in [1.54, 1.807) is 0 Å². The maximum atomic E-state index is 4.83. The number of rotatable bonds is 2. The van der Waals surface area contributed by atoms with E-state index in [2.05, 4.69) is 24.4 Å². The van der Waals surface area contributed by atoms with E-state index in [-0.39, 0.29) is 0 Å². The van der Waals surface area contributed by atoms with Gasteiger partial charge < -0.3 is 4.74 Å². The molecule has 0 aliphatic rings. The van der Waals surface area contributed by atoms with E-state index in [1.165, 1.54) is 0 Å². The predicted molar refractivity (Wildman–Crippen MR) is 42.4 cm³/mol. The Morgan fingerprint density at radius 1 is 1.25 bits per heavy atom. The van der Waals surface area contributed by atoms with Gasteiger partial charge in [0.25, 0.3) is 0 Å².